The molecule has 0 spiro atoms. The summed E-state index contributed by atoms with van der Waals surface area (Å²) < 4.78 is -0.178. The van der Waals surface area contributed by atoms with Crippen molar-refractivity contribution in [2.45, 2.75) is 24.5 Å². The molecule has 0 unspecified atom stereocenters. The second-order valence-corrected chi connectivity index (χ2v) is 7.30. The molecule has 0 radical (unpaired) electrons. The molecule has 6 heteroatoms. The van der Waals surface area contributed by atoms with E-state index in [1.54, 1.807) is 17.8 Å². The highest BCUT2D eigenvalue weighted by atomic mass is 35.5. The van der Waals surface area contributed by atoms with Gasteiger partial charge in [-0.3, -0.25) is 4.79 Å². The lowest BCUT2D eigenvalue weighted by atomic mass is 9.95. The zero-order valence-corrected chi connectivity index (χ0v) is 14.6. The molecule has 1 fully saturated rings. The van der Waals surface area contributed by atoms with Crippen LogP contribution in [0.1, 0.15) is 28.8 Å². The first-order chi connectivity index (χ1) is 9.91. The van der Waals surface area contributed by atoms with Gasteiger partial charge in [0.05, 0.1) is 20.3 Å². The maximum absolute atomic E-state index is 12.6. The molecule has 1 aliphatic heterocycles. The third-order valence-corrected chi connectivity index (χ3v) is 6.55. The van der Waals surface area contributed by atoms with Gasteiger partial charge >= 0.3 is 0 Å². The fourth-order valence-electron chi connectivity index (χ4n) is 2.61. The molecule has 114 valence electrons. The average molecular weight is 343 g/mol. The Morgan fingerprint density at radius 3 is 2.57 bits per heavy atom. The second-order valence-electron chi connectivity index (χ2n) is 5.29. The Hall–Kier alpha value is -0.780. The number of hydrogen-bond acceptors (Lipinski definition) is 3. The molecule has 0 bridgehead atoms. The molecule has 0 saturated carbocycles. The Kier molecular flexibility index (Phi) is 5.17. The number of aryl methyl sites for hydroxylation is 1. The van der Waals surface area contributed by atoms with Crippen LogP contribution < -0.4 is 5.73 Å². The summed E-state index contributed by atoms with van der Waals surface area (Å²) in [5.74, 6) is -0.0126. The zero-order chi connectivity index (χ0) is 15.6. The molecule has 0 aromatic heterocycles. The maximum Gasteiger partial charge on any atom is 0.255 e. The number of piperidine rings is 1. The predicted molar refractivity (Wildman–Crippen MR) is 94.4 cm³/mol. The van der Waals surface area contributed by atoms with Gasteiger partial charge in [-0.05, 0) is 37.7 Å². The van der Waals surface area contributed by atoms with Crippen LogP contribution in [0.5, 0.6) is 0 Å². The smallest absolute Gasteiger partial charge is 0.255 e. The Labute approximate surface area is 140 Å². The molecule has 1 aliphatic rings. The van der Waals surface area contributed by atoms with Crippen LogP contribution in [0.2, 0.25) is 5.02 Å². The molecule has 1 saturated heterocycles. The van der Waals surface area contributed by atoms with Crippen LogP contribution in [0, 0.1) is 6.92 Å². The molecule has 3 nitrogen and oxygen atoms in total. The van der Waals surface area contributed by atoms with Gasteiger partial charge in [0.2, 0.25) is 0 Å². The Balaban J connectivity index is 2.14. The van der Waals surface area contributed by atoms with Crippen molar-refractivity contribution in [2.75, 3.05) is 19.3 Å². The van der Waals surface area contributed by atoms with Crippen molar-refractivity contribution in [2.24, 2.45) is 5.73 Å². The number of hydrogen-bond donors (Lipinski definition) is 1. The van der Waals surface area contributed by atoms with Gasteiger partial charge in [0, 0.05) is 13.1 Å². The lowest BCUT2D eigenvalue weighted by Crippen LogP contribution is -2.50. The quantitative estimate of drug-likeness (QED) is 0.856. The van der Waals surface area contributed by atoms with E-state index < -0.39 is 0 Å². The highest BCUT2D eigenvalue weighted by Gasteiger charge is 2.38. The van der Waals surface area contributed by atoms with Gasteiger partial charge in [-0.2, -0.15) is 11.8 Å². The van der Waals surface area contributed by atoms with Crippen molar-refractivity contribution >= 4 is 46.5 Å². The summed E-state index contributed by atoms with van der Waals surface area (Å²) in [6, 6.07) is 5.54. The van der Waals surface area contributed by atoms with E-state index >= 15 is 0 Å². The van der Waals surface area contributed by atoms with Crippen LogP contribution in [0.25, 0.3) is 0 Å². The number of amides is 1. The standard InChI is InChI=1S/C15H19ClN2OS2/c1-10-4-3-5-11(12(10)16)13(19)18-8-6-15(21-2,7-9-18)14(17)20/h3-5H,6-9H2,1-2H3,(H2,17,20). The van der Waals surface area contributed by atoms with E-state index in [1.165, 1.54) is 0 Å². The van der Waals surface area contributed by atoms with Gasteiger partial charge in [-0.15, -0.1) is 0 Å². The van der Waals surface area contributed by atoms with Crippen molar-refractivity contribution in [3.8, 4) is 0 Å². The molecule has 1 heterocycles. The lowest BCUT2D eigenvalue weighted by Gasteiger charge is -2.40. The van der Waals surface area contributed by atoms with Gasteiger partial charge in [0.25, 0.3) is 5.91 Å². The van der Waals surface area contributed by atoms with Gasteiger partial charge in [0.1, 0.15) is 0 Å². The Morgan fingerprint density at radius 1 is 1.43 bits per heavy atom. The molecule has 1 aromatic rings. The minimum Gasteiger partial charge on any atom is -0.392 e. The third-order valence-electron chi connectivity index (χ3n) is 4.12. The van der Waals surface area contributed by atoms with Crippen molar-refractivity contribution in [3.63, 3.8) is 0 Å². The molecule has 1 amide bonds. The normalized spacial score (nSPS) is 17.6. The Bertz CT molecular complexity index is 569. The summed E-state index contributed by atoms with van der Waals surface area (Å²) in [6.45, 7) is 3.21. The number of nitrogens with two attached hydrogens (primary N) is 1. The molecule has 1 aromatic carbocycles. The topological polar surface area (TPSA) is 46.3 Å². The molecule has 2 N–H and O–H groups in total. The summed E-state index contributed by atoms with van der Waals surface area (Å²) in [7, 11) is 0. The lowest BCUT2D eigenvalue weighted by molar-refractivity contribution is 0.0719. The van der Waals surface area contributed by atoms with Crippen LogP contribution in [0.15, 0.2) is 18.2 Å². The summed E-state index contributed by atoms with van der Waals surface area (Å²) in [4.78, 5) is 15.0. The number of likely N-dealkylation sites (tertiary alicyclic amines) is 1. The predicted octanol–water partition coefficient (Wildman–Crippen LogP) is 3.27. The van der Waals surface area contributed by atoms with E-state index in [0.29, 0.717) is 28.7 Å². The van der Waals surface area contributed by atoms with Crippen molar-refractivity contribution in [1.82, 2.24) is 4.90 Å². The van der Waals surface area contributed by atoms with Crippen LogP contribution in [0.4, 0.5) is 0 Å². The van der Waals surface area contributed by atoms with E-state index in [4.69, 9.17) is 29.6 Å². The van der Waals surface area contributed by atoms with Gasteiger partial charge in [0.15, 0.2) is 0 Å². The van der Waals surface area contributed by atoms with Crippen molar-refractivity contribution < 1.29 is 4.79 Å². The van der Waals surface area contributed by atoms with Crippen LogP contribution in [-0.4, -0.2) is 39.9 Å². The zero-order valence-electron chi connectivity index (χ0n) is 12.2. The summed E-state index contributed by atoms with van der Waals surface area (Å²) in [5.41, 5.74) is 7.37. The summed E-state index contributed by atoms with van der Waals surface area (Å²) >= 11 is 13.1. The number of thioether (sulfide) groups is 1. The largest absolute Gasteiger partial charge is 0.392 e. The molecule has 0 atom stereocenters. The molecule has 2 rings (SSSR count). The van der Waals surface area contributed by atoms with Gasteiger partial charge in [-0.1, -0.05) is 36.0 Å². The van der Waals surface area contributed by atoms with E-state index in [0.717, 1.165) is 18.4 Å². The number of benzene rings is 1. The molecule has 0 aliphatic carbocycles. The number of rotatable bonds is 3. The first kappa shape index (κ1) is 16.6. The van der Waals surface area contributed by atoms with Gasteiger partial charge in [-0.25, -0.2) is 0 Å². The van der Waals surface area contributed by atoms with Crippen molar-refractivity contribution in [3.05, 3.63) is 34.3 Å². The maximum atomic E-state index is 12.6. The van der Waals surface area contributed by atoms with E-state index in [9.17, 15) is 4.79 Å². The van der Waals surface area contributed by atoms with E-state index in [1.807, 2.05) is 30.2 Å². The SMILES string of the molecule is CSC1(C(N)=S)CCN(C(=O)c2cccc(C)c2Cl)CC1. The minimum atomic E-state index is -0.178. The number of carbonyl (C=O) groups excluding carboxylic acids is 1. The number of thiocarbonyl (C=S) groups is 1. The molecule has 21 heavy (non-hydrogen) atoms. The first-order valence-electron chi connectivity index (χ1n) is 6.81. The molecular weight excluding hydrogens is 324 g/mol. The minimum absolute atomic E-state index is 0.0126. The summed E-state index contributed by atoms with van der Waals surface area (Å²) in [6.07, 6.45) is 3.60. The molecular formula is C15H19ClN2OS2. The average Bonchev–Trinajstić information content (AvgIpc) is 2.49. The highest BCUT2D eigenvalue weighted by molar-refractivity contribution is 8.02. The van der Waals surface area contributed by atoms with E-state index in [-0.39, 0.29) is 10.7 Å². The number of halogens is 1. The fraction of sp³-hybridized carbons (Fsp3) is 0.467. The van der Waals surface area contributed by atoms with E-state index in [2.05, 4.69) is 0 Å². The van der Waals surface area contributed by atoms with Crippen LogP contribution >= 0.6 is 35.6 Å². The summed E-state index contributed by atoms with van der Waals surface area (Å²) in [5, 5.41) is 0.540. The monoisotopic (exact) mass is 342 g/mol. The third kappa shape index (κ3) is 3.20. The Morgan fingerprint density at radius 2 is 2.05 bits per heavy atom. The number of nitrogens with zero attached hydrogens (tertiary/aromatic N) is 1. The van der Waals surface area contributed by atoms with Crippen LogP contribution in [-0.2, 0) is 0 Å². The number of carbonyl (C=O) groups is 1. The van der Waals surface area contributed by atoms with Crippen LogP contribution in [0.3, 0.4) is 0 Å². The first-order valence-corrected chi connectivity index (χ1v) is 8.82. The highest BCUT2D eigenvalue weighted by Crippen LogP contribution is 2.35. The second kappa shape index (κ2) is 6.55. The fourth-order valence-corrected chi connectivity index (χ4v) is 4.06. The van der Waals surface area contributed by atoms with Gasteiger partial charge < -0.3 is 10.6 Å². The van der Waals surface area contributed by atoms with Crippen molar-refractivity contribution in [1.29, 1.82) is 0 Å².